The van der Waals surface area contributed by atoms with Gasteiger partial charge < -0.3 is 9.52 Å². The summed E-state index contributed by atoms with van der Waals surface area (Å²) in [7, 11) is 0. The van der Waals surface area contributed by atoms with Gasteiger partial charge in [0, 0.05) is 0 Å². The third-order valence-corrected chi connectivity index (χ3v) is 1.99. The van der Waals surface area contributed by atoms with Crippen LogP contribution in [0.3, 0.4) is 0 Å². The third-order valence-electron chi connectivity index (χ3n) is 1.57. The van der Waals surface area contributed by atoms with Crippen molar-refractivity contribution in [1.82, 2.24) is 0 Å². The monoisotopic (exact) mass is 230 g/mol. The van der Waals surface area contributed by atoms with Crippen LogP contribution in [0, 0.1) is 0 Å². The first kappa shape index (κ1) is 9.55. The van der Waals surface area contributed by atoms with E-state index in [0.717, 1.165) is 6.42 Å². The van der Waals surface area contributed by atoms with E-state index in [9.17, 15) is 5.11 Å². The summed E-state index contributed by atoms with van der Waals surface area (Å²) < 4.78 is 5.82. The number of rotatable bonds is 4. The summed E-state index contributed by atoms with van der Waals surface area (Å²) in [6, 6.07) is 3.53. The van der Waals surface area contributed by atoms with Gasteiger partial charge in [-0.1, -0.05) is 6.08 Å². The molecule has 0 aliphatic rings. The van der Waals surface area contributed by atoms with Crippen molar-refractivity contribution in [3.8, 4) is 0 Å². The highest BCUT2D eigenvalue weighted by atomic mass is 79.9. The summed E-state index contributed by atoms with van der Waals surface area (Å²) in [6.07, 6.45) is 2.71. The predicted molar refractivity (Wildman–Crippen MR) is 50.8 cm³/mol. The number of hydrogen-bond acceptors (Lipinski definition) is 2. The lowest BCUT2D eigenvalue weighted by Crippen LogP contribution is -1.93. The highest BCUT2D eigenvalue weighted by Crippen LogP contribution is 2.23. The molecule has 0 amide bonds. The molecule has 1 heterocycles. The van der Waals surface area contributed by atoms with Crippen LogP contribution >= 0.6 is 15.9 Å². The van der Waals surface area contributed by atoms with Gasteiger partial charge in [0.25, 0.3) is 0 Å². The van der Waals surface area contributed by atoms with Gasteiger partial charge in [-0.2, -0.15) is 0 Å². The third kappa shape index (κ3) is 2.50. The van der Waals surface area contributed by atoms with Crippen molar-refractivity contribution in [2.75, 3.05) is 0 Å². The second-order valence-corrected chi connectivity index (χ2v) is 3.31. The van der Waals surface area contributed by atoms with Crippen LogP contribution in [0.5, 0.6) is 0 Å². The molecule has 1 aromatic rings. The molecule has 0 saturated carbocycles. The van der Waals surface area contributed by atoms with Crippen LogP contribution in [0.25, 0.3) is 0 Å². The van der Waals surface area contributed by atoms with Gasteiger partial charge in [-0.15, -0.1) is 6.58 Å². The summed E-state index contributed by atoms with van der Waals surface area (Å²) in [5, 5.41) is 9.50. The van der Waals surface area contributed by atoms with Crippen LogP contribution in [-0.2, 0) is 0 Å². The Hall–Kier alpha value is -0.540. The summed E-state index contributed by atoms with van der Waals surface area (Å²) in [5.41, 5.74) is 0. The van der Waals surface area contributed by atoms with E-state index >= 15 is 0 Å². The first-order valence-electron chi connectivity index (χ1n) is 3.78. The minimum Gasteiger partial charge on any atom is -0.452 e. The molecule has 1 aromatic heterocycles. The van der Waals surface area contributed by atoms with Crippen molar-refractivity contribution in [1.29, 1.82) is 0 Å². The van der Waals surface area contributed by atoms with Gasteiger partial charge in [0.2, 0.25) is 0 Å². The van der Waals surface area contributed by atoms with Crippen molar-refractivity contribution in [2.45, 2.75) is 18.9 Å². The van der Waals surface area contributed by atoms with Crippen molar-refractivity contribution < 1.29 is 9.52 Å². The maximum Gasteiger partial charge on any atom is 0.169 e. The molecule has 0 saturated heterocycles. The standard InChI is InChI=1S/C9H11BrO2/c1-2-3-4-7(11)8-5-6-9(10)12-8/h2,5-7,11H,1,3-4H2. The fraction of sp³-hybridized carbons (Fsp3) is 0.333. The molecule has 3 heteroatoms. The second kappa shape index (κ2) is 4.48. The number of hydrogen-bond donors (Lipinski definition) is 1. The van der Waals surface area contributed by atoms with E-state index in [-0.39, 0.29) is 0 Å². The Morgan fingerprint density at radius 1 is 1.67 bits per heavy atom. The van der Waals surface area contributed by atoms with E-state index in [1.807, 2.05) is 0 Å². The van der Waals surface area contributed by atoms with Crippen LogP contribution < -0.4 is 0 Å². The molecule has 1 N–H and O–H groups in total. The lowest BCUT2D eigenvalue weighted by Gasteiger charge is -2.04. The van der Waals surface area contributed by atoms with E-state index in [4.69, 9.17) is 4.42 Å². The van der Waals surface area contributed by atoms with Crippen LogP contribution in [0.15, 0.2) is 33.9 Å². The first-order chi connectivity index (χ1) is 5.74. The average Bonchev–Trinajstić information content (AvgIpc) is 2.47. The zero-order valence-corrected chi connectivity index (χ0v) is 8.25. The lowest BCUT2D eigenvalue weighted by molar-refractivity contribution is 0.140. The lowest BCUT2D eigenvalue weighted by atomic mass is 10.1. The van der Waals surface area contributed by atoms with Crippen molar-refractivity contribution >= 4 is 15.9 Å². The molecule has 0 aromatic carbocycles. The fourth-order valence-corrected chi connectivity index (χ4v) is 1.24. The van der Waals surface area contributed by atoms with Crippen LogP contribution in [0.4, 0.5) is 0 Å². The molecular formula is C9H11BrO2. The summed E-state index contributed by atoms with van der Waals surface area (Å²) >= 11 is 3.17. The van der Waals surface area contributed by atoms with E-state index in [1.165, 1.54) is 0 Å². The van der Waals surface area contributed by atoms with Crippen molar-refractivity contribution in [3.05, 3.63) is 35.2 Å². The van der Waals surface area contributed by atoms with Crippen LogP contribution in [0.2, 0.25) is 0 Å². The summed E-state index contributed by atoms with van der Waals surface area (Å²) in [5.74, 6) is 0.601. The topological polar surface area (TPSA) is 33.4 Å². The van der Waals surface area contributed by atoms with Gasteiger partial charge in [-0.3, -0.25) is 0 Å². The Labute approximate surface area is 80.0 Å². The van der Waals surface area contributed by atoms with E-state index in [1.54, 1.807) is 18.2 Å². The minimum absolute atomic E-state index is 0.519. The molecule has 0 fully saturated rings. The number of aliphatic hydroxyl groups excluding tert-OH is 1. The number of halogens is 1. The molecule has 0 spiro atoms. The van der Waals surface area contributed by atoms with Gasteiger partial charge in [0.05, 0.1) is 0 Å². The Bertz CT molecular complexity index is 255. The molecule has 1 atom stereocenters. The highest BCUT2D eigenvalue weighted by molar-refractivity contribution is 9.10. The minimum atomic E-state index is -0.519. The van der Waals surface area contributed by atoms with Gasteiger partial charge in [0.1, 0.15) is 11.9 Å². The smallest absolute Gasteiger partial charge is 0.169 e. The molecule has 0 radical (unpaired) electrons. The molecule has 0 aliphatic heterocycles. The predicted octanol–water partition coefficient (Wildman–Crippen LogP) is 3.04. The fourth-order valence-electron chi connectivity index (χ4n) is 0.925. The molecule has 0 aliphatic carbocycles. The van der Waals surface area contributed by atoms with E-state index in [0.29, 0.717) is 16.9 Å². The summed E-state index contributed by atoms with van der Waals surface area (Å²) in [4.78, 5) is 0. The molecule has 0 bridgehead atoms. The van der Waals surface area contributed by atoms with Gasteiger partial charge in [0.15, 0.2) is 4.67 Å². The normalized spacial score (nSPS) is 12.8. The maximum absolute atomic E-state index is 9.50. The van der Waals surface area contributed by atoms with Crippen LogP contribution in [0.1, 0.15) is 24.7 Å². The quantitative estimate of drug-likeness (QED) is 0.808. The van der Waals surface area contributed by atoms with Gasteiger partial charge >= 0.3 is 0 Å². The SMILES string of the molecule is C=CCCC(O)c1ccc(Br)o1. The van der Waals surface area contributed by atoms with E-state index in [2.05, 4.69) is 22.5 Å². The number of aliphatic hydroxyl groups is 1. The molecule has 12 heavy (non-hydrogen) atoms. The Morgan fingerprint density at radius 2 is 2.42 bits per heavy atom. The van der Waals surface area contributed by atoms with Gasteiger partial charge in [-0.25, -0.2) is 0 Å². The molecule has 66 valence electrons. The zero-order chi connectivity index (χ0) is 8.97. The largest absolute Gasteiger partial charge is 0.452 e. The van der Waals surface area contributed by atoms with E-state index < -0.39 is 6.10 Å². The highest BCUT2D eigenvalue weighted by Gasteiger charge is 2.09. The molecule has 2 nitrogen and oxygen atoms in total. The summed E-state index contributed by atoms with van der Waals surface area (Å²) in [6.45, 7) is 3.58. The second-order valence-electron chi connectivity index (χ2n) is 2.52. The number of furan rings is 1. The molecular weight excluding hydrogens is 220 g/mol. The zero-order valence-electron chi connectivity index (χ0n) is 6.66. The first-order valence-corrected chi connectivity index (χ1v) is 4.57. The average molecular weight is 231 g/mol. The number of allylic oxidation sites excluding steroid dienone is 1. The Morgan fingerprint density at radius 3 is 2.92 bits per heavy atom. The molecule has 1 rings (SSSR count). The van der Waals surface area contributed by atoms with Crippen molar-refractivity contribution in [3.63, 3.8) is 0 Å². The van der Waals surface area contributed by atoms with Gasteiger partial charge in [-0.05, 0) is 40.9 Å². The Balaban J connectivity index is 2.52. The van der Waals surface area contributed by atoms with Crippen molar-refractivity contribution in [2.24, 2.45) is 0 Å². The Kier molecular flexibility index (Phi) is 3.56. The molecule has 1 unspecified atom stereocenters. The maximum atomic E-state index is 9.50. The van der Waals surface area contributed by atoms with Crippen LogP contribution in [-0.4, -0.2) is 5.11 Å².